The second-order valence-electron chi connectivity index (χ2n) is 18.1. The molecule has 1 saturated carbocycles. The van der Waals surface area contributed by atoms with E-state index in [0.29, 0.717) is 53.3 Å². The van der Waals surface area contributed by atoms with Gasteiger partial charge in [0.25, 0.3) is 0 Å². The highest BCUT2D eigenvalue weighted by Crippen LogP contribution is 2.63. The summed E-state index contributed by atoms with van der Waals surface area (Å²) >= 11 is 12.8. The highest BCUT2D eigenvalue weighted by Gasteiger charge is 2.72. The van der Waals surface area contributed by atoms with Crippen molar-refractivity contribution in [2.45, 2.75) is 106 Å². The molecule has 4 amide bonds. The Balaban J connectivity index is 0.837. The standard InChI is InChI=1S/C49H52Cl2FN7O5/c1-57(25-8-3-5-10-29-15-20-37-39(26-29)58(2)47(64)59(37)38-21-22-40(60)55-44(38)61)28-30-13-17-32(18-14-30)53-45(62)43-41(33-11-9-12-35(51)42(33)52)49(48(56-43)23-6-4-7-24-48)34-19-16-31(50)27-36(34)54-46(49)63/h9,11-20,26-27,38,41,43,56H,3-8,10,21-25,28H2,1-2H3,(H,53,62)(H,54,63)(H,55,60,61)/t38?,41-,43+,49+/m0/s1. The number of aromatic nitrogens is 2. The summed E-state index contributed by atoms with van der Waals surface area (Å²) in [4.78, 5) is 68.9. The molecule has 4 aliphatic rings. The highest BCUT2D eigenvalue weighted by molar-refractivity contribution is 6.31. The van der Waals surface area contributed by atoms with Crippen LogP contribution in [0.15, 0.2) is 83.7 Å². The van der Waals surface area contributed by atoms with Crippen LogP contribution in [-0.4, -0.2) is 62.8 Å². The first-order valence-electron chi connectivity index (χ1n) is 22.3. The molecule has 334 valence electrons. The van der Waals surface area contributed by atoms with E-state index in [2.05, 4.69) is 33.2 Å². The summed E-state index contributed by atoms with van der Waals surface area (Å²) in [7, 11) is 3.79. The van der Waals surface area contributed by atoms with Crippen LogP contribution in [0.5, 0.6) is 0 Å². The number of unbranched alkanes of at least 4 members (excludes halogenated alkanes) is 2. The molecule has 4 heterocycles. The fourth-order valence-electron chi connectivity index (χ4n) is 11.2. The normalized spacial score (nSPS) is 22.7. The van der Waals surface area contributed by atoms with Crippen molar-refractivity contribution in [3.8, 4) is 0 Å². The van der Waals surface area contributed by atoms with Gasteiger partial charge in [-0.3, -0.25) is 38.9 Å². The summed E-state index contributed by atoms with van der Waals surface area (Å²) in [6.45, 7) is 1.61. The number of rotatable bonds is 12. The smallest absolute Gasteiger partial charge is 0.325 e. The number of fused-ring (bicyclic) bond motifs is 4. The van der Waals surface area contributed by atoms with Crippen molar-refractivity contribution >= 4 is 69.2 Å². The van der Waals surface area contributed by atoms with Crippen LogP contribution in [0.4, 0.5) is 15.8 Å². The molecule has 4 N–H and O–H groups in total. The fraction of sp³-hybridized carbons (Fsp3) is 0.408. The maximum atomic E-state index is 16.3. The molecule has 2 spiro atoms. The maximum Gasteiger partial charge on any atom is 0.329 e. The van der Waals surface area contributed by atoms with Gasteiger partial charge in [0.1, 0.15) is 17.3 Å². The van der Waals surface area contributed by atoms with E-state index < -0.39 is 40.7 Å². The molecule has 0 radical (unpaired) electrons. The van der Waals surface area contributed by atoms with E-state index in [1.807, 2.05) is 48.5 Å². The Morgan fingerprint density at radius 2 is 1.66 bits per heavy atom. The molecule has 4 aromatic carbocycles. The number of imidazole rings is 1. The Hall–Kier alpha value is -5.34. The Labute approximate surface area is 380 Å². The molecule has 12 nitrogen and oxygen atoms in total. The van der Waals surface area contributed by atoms with Crippen molar-refractivity contribution in [1.82, 2.24) is 24.7 Å². The molecule has 2 saturated heterocycles. The minimum Gasteiger partial charge on any atom is -0.325 e. The summed E-state index contributed by atoms with van der Waals surface area (Å²) in [6, 6.07) is 22.1. The van der Waals surface area contributed by atoms with Crippen molar-refractivity contribution in [3.63, 3.8) is 0 Å². The van der Waals surface area contributed by atoms with Crippen LogP contribution < -0.4 is 27.0 Å². The Bertz CT molecular complexity index is 2730. The first kappa shape index (κ1) is 43.9. The van der Waals surface area contributed by atoms with Crippen LogP contribution in [0.2, 0.25) is 10.0 Å². The Morgan fingerprint density at radius 1 is 0.891 bits per heavy atom. The number of hydrogen-bond donors (Lipinski definition) is 4. The summed E-state index contributed by atoms with van der Waals surface area (Å²) in [5, 5.41) is 12.6. The minimum absolute atomic E-state index is 0.0719. The average Bonchev–Trinajstić information content (AvgIpc) is 3.82. The molecule has 1 aromatic heterocycles. The van der Waals surface area contributed by atoms with Gasteiger partial charge in [0.05, 0.1) is 22.1 Å². The number of amides is 4. The van der Waals surface area contributed by atoms with E-state index in [1.54, 1.807) is 35.9 Å². The third-order valence-electron chi connectivity index (χ3n) is 14.2. The molecule has 9 rings (SSSR count). The summed E-state index contributed by atoms with van der Waals surface area (Å²) in [5.41, 5.74) is 3.34. The molecule has 1 aliphatic carbocycles. The van der Waals surface area contributed by atoms with Crippen LogP contribution in [-0.2, 0) is 44.6 Å². The van der Waals surface area contributed by atoms with Gasteiger partial charge in [0.15, 0.2) is 0 Å². The molecule has 15 heteroatoms. The number of hydrogen-bond acceptors (Lipinski definition) is 7. The number of carbonyl (C=O) groups excluding carboxylic acids is 4. The Morgan fingerprint density at radius 3 is 2.42 bits per heavy atom. The lowest BCUT2D eigenvalue weighted by Gasteiger charge is -2.47. The topological polar surface area (TPSA) is 147 Å². The van der Waals surface area contributed by atoms with Gasteiger partial charge in [-0.05, 0) is 117 Å². The molecule has 0 bridgehead atoms. The van der Waals surface area contributed by atoms with Gasteiger partial charge in [-0.2, -0.15) is 0 Å². The van der Waals surface area contributed by atoms with Crippen LogP contribution in [0.25, 0.3) is 11.0 Å². The molecule has 3 fully saturated rings. The van der Waals surface area contributed by atoms with E-state index >= 15 is 4.39 Å². The number of piperidine rings is 1. The number of benzene rings is 4. The average molecular weight is 909 g/mol. The zero-order valence-corrected chi connectivity index (χ0v) is 37.5. The first-order valence-corrected chi connectivity index (χ1v) is 23.0. The lowest BCUT2D eigenvalue weighted by atomic mass is 9.55. The molecule has 5 aromatic rings. The second-order valence-corrected chi connectivity index (χ2v) is 18.9. The van der Waals surface area contributed by atoms with E-state index in [-0.39, 0.29) is 40.4 Å². The van der Waals surface area contributed by atoms with E-state index in [4.69, 9.17) is 23.2 Å². The zero-order chi connectivity index (χ0) is 44.9. The minimum atomic E-state index is -1.31. The quantitative estimate of drug-likeness (QED) is 0.0736. The largest absolute Gasteiger partial charge is 0.329 e. The van der Waals surface area contributed by atoms with Crippen molar-refractivity contribution in [1.29, 1.82) is 0 Å². The van der Waals surface area contributed by atoms with Crippen LogP contribution in [0, 0.1) is 5.82 Å². The fourth-order valence-corrected chi connectivity index (χ4v) is 11.6. The third kappa shape index (κ3) is 7.63. The summed E-state index contributed by atoms with van der Waals surface area (Å²) in [5.74, 6) is -2.95. The number of imide groups is 1. The molecule has 1 unspecified atom stereocenters. The van der Waals surface area contributed by atoms with Crippen LogP contribution >= 0.6 is 23.2 Å². The lowest BCUT2D eigenvalue weighted by molar-refractivity contribution is -0.135. The second kappa shape index (κ2) is 17.6. The number of halogens is 3. The van der Waals surface area contributed by atoms with Crippen molar-refractivity contribution in [2.24, 2.45) is 7.05 Å². The number of anilines is 2. The molecule has 4 atom stereocenters. The van der Waals surface area contributed by atoms with Gasteiger partial charge in [0.2, 0.25) is 23.6 Å². The summed E-state index contributed by atoms with van der Waals surface area (Å²) < 4.78 is 19.3. The van der Waals surface area contributed by atoms with E-state index in [9.17, 15) is 24.0 Å². The molecule has 3 aliphatic heterocycles. The SMILES string of the molecule is CN(CCCCCc1ccc2c(c1)n(C)c(=O)n2C1CCC(=O)NC1=O)Cc1ccc(NC(=O)[C@@H]2NC3(CCCCC3)[C@@]3(C(=O)Nc4cc(Cl)ccc43)[C@H]2c2cccc(Cl)c2F)cc1. The Kier molecular flexibility index (Phi) is 12.0. The molecular weight excluding hydrogens is 856 g/mol. The van der Waals surface area contributed by atoms with Gasteiger partial charge in [0, 0.05) is 47.9 Å². The van der Waals surface area contributed by atoms with E-state index in [0.717, 1.165) is 68.1 Å². The van der Waals surface area contributed by atoms with Crippen molar-refractivity contribution in [2.75, 3.05) is 24.2 Å². The van der Waals surface area contributed by atoms with Crippen LogP contribution in [0.3, 0.4) is 0 Å². The lowest BCUT2D eigenvalue weighted by Crippen LogP contribution is -2.60. The van der Waals surface area contributed by atoms with Gasteiger partial charge < -0.3 is 15.5 Å². The summed E-state index contributed by atoms with van der Waals surface area (Å²) in [6.07, 6.45) is 8.33. The number of carbonyl (C=O) groups is 4. The number of aryl methyl sites for hydroxylation is 2. The van der Waals surface area contributed by atoms with Gasteiger partial charge >= 0.3 is 5.69 Å². The highest BCUT2D eigenvalue weighted by atomic mass is 35.5. The van der Waals surface area contributed by atoms with Gasteiger partial charge in [-0.15, -0.1) is 0 Å². The zero-order valence-electron chi connectivity index (χ0n) is 35.9. The first-order chi connectivity index (χ1) is 30.8. The molecule has 64 heavy (non-hydrogen) atoms. The van der Waals surface area contributed by atoms with E-state index in [1.165, 1.54) is 10.6 Å². The number of nitrogens with zero attached hydrogens (tertiary/aromatic N) is 3. The monoisotopic (exact) mass is 907 g/mol. The van der Waals surface area contributed by atoms with Gasteiger partial charge in [-0.25, -0.2) is 9.18 Å². The predicted octanol–water partition coefficient (Wildman–Crippen LogP) is 7.90. The predicted molar refractivity (Wildman–Crippen MR) is 246 cm³/mol. The van der Waals surface area contributed by atoms with Crippen molar-refractivity contribution in [3.05, 3.63) is 127 Å². The maximum absolute atomic E-state index is 16.3. The molecular formula is C49H52Cl2FN7O5. The third-order valence-corrected chi connectivity index (χ3v) is 14.7. The van der Waals surface area contributed by atoms with Gasteiger partial charge in [-0.1, -0.05) is 85.3 Å². The van der Waals surface area contributed by atoms with Crippen molar-refractivity contribution < 1.29 is 23.6 Å². The van der Waals surface area contributed by atoms with Crippen LogP contribution in [0.1, 0.15) is 98.4 Å². The number of nitrogens with one attached hydrogen (secondary N) is 4.